The summed E-state index contributed by atoms with van der Waals surface area (Å²) in [4.78, 5) is 57.4. The highest BCUT2D eigenvalue weighted by atomic mass is 32.2. The number of anilines is 3. The number of nitrogens with one attached hydrogen (secondary N) is 3. The highest BCUT2D eigenvalue weighted by Gasteiger charge is 2.51. The van der Waals surface area contributed by atoms with Crippen molar-refractivity contribution < 1.29 is 33.0 Å². The first-order chi connectivity index (χ1) is 27.9. The van der Waals surface area contributed by atoms with E-state index < -0.39 is 52.3 Å². The number of fused-ring (bicyclic) bond motifs is 1. The highest BCUT2D eigenvalue weighted by molar-refractivity contribution is 7.89. The van der Waals surface area contributed by atoms with Crippen molar-refractivity contribution in [3.8, 4) is 0 Å². The van der Waals surface area contributed by atoms with Crippen LogP contribution in [-0.4, -0.2) is 123 Å². The summed E-state index contributed by atoms with van der Waals surface area (Å²) in [7, 11) is -2.37. The van der Waals surface area contributed by atoms with Crippen LogP contribution in [0.1, 0.15) is 35.9 Å². The number of hydrogen-bond acceptors (Lipinski definition) is 12. The average molecular weight is 810 g/mol. The first-order valence-corrected chi connectivity index (χ1v) is 20.4. The Morgan fingerprint density at radius 3 is 2.21 bits per heavy atom. The summed E-state index contributed by atoms with van der Waals surface area (Å²) in [5, 5.41) is 37.0. The van der Waals surface area contributed by atoms with Crippen LogP contribution < -0.4 is 26.0 Å². The fourth-order valence-electron chi connectivity index (χ4n) is 8.03. The van der Waals surface area contributed by atoms with Crippen molar-refractivity contribution in [3.63, 3.8) is 0 Å². The lowest BCUT2D eigenvalue weighted by atomic mass is 9.91. The van der Waals surface area contributed by atoms with Crippen LogP contribution in [0.15, 0.2) is 96.2 Å². The van der Waals surface area contributed by atoms with Crippen LogP contribution in [0, 0.1) is 0 Å². The predicted octanol–water partition coefficient (Wildman–Crippen LogP) is 2.05. The van der Waals surface area contributed by atoms with Gasteiger partial charge in [0.2, 0.25) is 16.0 Å². The van der Waals surface area contributed by atoms with E-state index >= 15 is 0 Å². The number of primary sulfonamides is 1. The van der Waals surface area contributed by atoms with Gasteiger partial charge in [0.15, 0.2) is 17.0 Å². The van der Waals surface area contributed by atoms with Crippen molar-refractivity contribution in [1.82, 2.24) is 34.6 Å². The molecule has 7 N–H and O–H groups in total. The van der Waals surface area contributed by atoms with E-state index in [-0.39, 0.29) is 29.8 Å². The molecule has 3 fully saturated rings. The van der Waals surface area contributed by atoms with Gasteiger partial charge in [-0.15, -0.1) is 0 Å². The molecule has 0 unspecified atom stereocenters. The molecule has 18 nitrogen and oxygen atoms in total. The van der Waals surface area contributed by atoms with Gasteiger partial charge in [0.25, 0.3) is 5.91 Å². The molecule has 302 valence electrons. The van der Waals surface area contributed by atoms with Crippen LogP contribution in [0.3, 0.4) is 0 Å². The zero-order chi connectivity index (χ0) is 40.7. The highest BCUT2D eigenvalue weighted by Crippen LogP contribution is 2.38. The number of sulfonamides is 1. The van der Waals surface area contributed by atoms with Crippen LogP contribution in [0.5, 0.6) is 0 Å². The fraction of sp³-hybridized carbons (Fsp3) is 0.333. The second-order valence-corrected chi connectivity index (χ2v) is 16.4. The molecule has 0 radical (unpaired) electrons. The summed E-state index contributed by atoms with van der Waals surface area (Å²) >= 11 is 0. The Morgan fingerprint density at radius 1 is 0.931 bits per heavy atom. The number of rotatable bonds is 11. The maximum Gasteiger partial charge on any atom is 0.327 e. The number of hydrogen-bond donors (Lipinski definition) is 6. The summed E-state index contributed by atoms with van der Waals surface area (Å²) in [6.07, 6.45) is -0.592. The Kier molecular flexibility index (Phi) is 10.4. The molecule has 3 aromatic carbocycles. The molecular formula is C39H43N11O7S. The molecule has 1 saturated carbocycles. The first-order valence-electron chi connectivity index (χ1n) is 18.8. The Morgan fingerprint density at radius 2 is 1.59 bits per heavy atom. The molecule has 4 heterocycles. The third-order valence-corrected chi connectivity index (χ3v) is 11.9. The number of aromatic nitrogens is 4. The van der Waals surface area contributed by atoms with Gasteiger partial charge in [-0.2, -0.15) is 9.97 Å². The Hall–Kier alpha value is -6.15. The lowest BCUT2D eigenvalue weighted by molar-refractivity contribution is -0.128. The quantitative estimate of drug-likeness (QED) is 0.105. The van der Waals surface area contributed by atoms with Crippen LogP contribution in [0.25, 0.3) is 11.2 Å². The number of urea groups is 2. The molecule has 5 atom stereocenters. The number of nitrogens with two attached hydrogens (primary N) is 1. The molecule has 0 bridgehead atoms. The van der Waals surface area contributed by atoms with Crippen molar-refractivity contribution in [2.75, 3.05) is 48.8 Å². The molecule has 2 saturated heterocycles. The van der Waals surface area contributed by atoms with Crippen molar-refractivity contribution in [3.05, 3.63) is 102 Å². The zero-order valence-corrected chi connectivity index (χ0v) is 32.2. The van der Waals surface area contributed by atoms with E-state index in [9.17, 15) is 33.0 Å². The van der Waals surface area contributed by atoms with Gasteiger partial charge in [0.05, 0.1) is 23.3 Å². The number of amides is 5. The molecule has 0 spiro atoms. The van der Waals surface area contributed by atoms with Crippen molar-refractivity contribution in [2.45, 2.75) is 54.0 Å². The lowest BCUT2D eigenvalue weighted by Crippen LogP contribution is -2.47. The van der Waals surface area contributed by atoms with Crippen LogP contribution in [0.2, 0.25) is 0 Å². The van der Waals surface area contributed by atoms with Gasteiger partial charge < -0.3 is 40.5 Å². The molecule has 2 aliphatic heterocycles. The van der Waals surface area contributed by atoms with Crippen LogP contribution in [0.4, 0.5) is 27.0 Å². The van der Waals surface area contributed by atoms with E-state index in [1.54, 1.807) is 4.57 Å². The third kappa shape index (κ3) is 7.63. The van der Waals surface area contributed by atoms with E-state index in [0.717, 1.165) is 16.0 Å². The van der Waals surface area contributed by atoms with E-state index in [1.165, 1.54) is 42.5 Å². The fourth-order valence-corrected chi connectivity index (χ4v) is 8.55. The van der Waals surface area contributed by atoms with E-state index in [0.29, 0.717) is 54.7 Å². The molecule has 58 heavy (non-hydrogen) atoms. The van der Waals surface area contributed by atoms with Crippen LogP contribution in [-0.2, 0) is 14.8 Å². The van der Waals surface area contributed by atoms with Gasteiger partial charge in [-0.05, 0) is 48.2 Å². The summed E-state index contributed by atoms with van der Waals surface area (Å²) < 4.78 is 24.9. The number of nitrogens with zero attached hydrogens (tertiary/aromatic N) is 7. The van der Waals surface area contributed by atoms with Crippen molar-refractivity contribution in [1.29, 1.82) is 0 Å². The third-order valence-electron chi connectivity index (χ3n) is 11.0. The van der Waals surface area contributed by atoms with Gasteiger partial charge in [-0.3, -0.25) is 9.69 Å². The van der Waals surface area contributed by atoms with E-state index in [2.05, 4.69) is 40.2 Å². The largest absolute Gasteiger partial charge is 0.388 e. The number of imidazole rings is 1. The maximum atomic E-state index is 13.0. The van der Waals surface area contributed by atoms with E-state index in [4.69, 9.17) is 20.1 Å². The van der Waals surface area contributed by atoms with Gasteiger partial charge in [-0.1, -0.05) is 60.7 Å². The normalized spacial score (nSPS) is 22.4. The summed E-state index contributed by atoms with van der Waals surface area (Å²) in [5.41, 5.74) is 3.36. The average Bonchev–Trinajstić information content (AvgIpc) is 3.98. The zero-order valence-electron chi connectivity index (χ0n) is 31.4. The Labute approximate surface area is 333 Å². The molecular weight excluding hydrogens is 767 g/mol. The smallest absolute Gasteiger partial charge is 0.327 e. The second kappa shape index (κ2) is 15.7. The molecule has 8 rings (SSSR count). The standard InChI is InChI=1S/C39H43N11O7S/c1-47-21-31(51)50(39(47)55)30-18-29(33(52)34(30)53)49-22-42-32-35(41-19-28(23-8-4-2-5-9-23)24-10-6-3-7-11-24)45-37(46-36(32)49)48-17-16-26(20-48)44-38(54)43-25-12-14-27(15-13-25)58(40,56)57/h2-15,22,26,28-30,33-34,52-53H,16-21H2,1H3,(H2,40,56,57)(H,41,45,46)(H2,43,44,54)/t26-,29-,30+,33+,34-/m1/s1. The summed E-state index contributed by atoms with van der Waals surface area (Å²) in [6.45, 7) is 1.17. The molecule has 1 aliphatic carbocycles. The summed E-state index contributed by atoms with van der Waals surface area (Å²) in [5.74, 6) is 0.262. The lowest BCUT2D eigenvalue weighted by Gasteiger charge is -2.24. The predicted molar refractivity (Wildman–Crippen MR) is 213 cm³/mol. The minimum atomic E-state index is -3.88. The second-order valence-electron chi connectivity index (χ2n) is 14.8. The van der Waals surface area contributed by atoms with Gasteiger partial charge in [0.1, 0.15) is 18.8 Å². The van der Waals surface area contributed by atoms with Gasteiger partial charge in [0, 0.05) is 44.3 Å². The van der Waals surface area contributed by atoms with Crippen molar-refractivity contribution >= 4 is 56.6 Å². The number of benzene rings is 3. The van der Waals surface area contributed by atoms with Gasteiger partial charge in [-0.25, -0.2) is 28.1 Å². The summed E-state index contributed by atoms with van der Waals surface area (Å²) in [6, 6.07) is 22.6. The van der Waals surface area contributed by atoms with Crippen molar-refractivity contribution in [2.24, 2.45) is 5.14 Å². The number of carbonyl (C=O) groups is 3. The molecule has 5 aromatic rings. The first kappa shape index (κ1) is 38.7. The van der Waals surface area contributed by atoms with E-state index in [1.807, 2.05) is 41.3 Å². The Bertz CT molecular complexity index is 2400. The maximum absolute atomic E-state index is 13.0. The topological polar surface area (TPSA) is 241 Å². The Balaban J connectivity index is 1.08. The number of aliphatic hydroxyl groups excluding tert-OH is 2. The molecule has 5 amide bonds. The number of likely N-dealkylation sites (N-methyl/N-ethyl adjacent to an activating group) is 1. The van der Waals surface area contributed by atoms with Crippen LogP contribution >= 0.6 is 0 Å². The number of imide groups is 1. The van der Waals surface area contributed by atoms with Gasteiger partial charge >= 0.3 is 12.1 Å². The minimum absolute atomic E-state index is 0.0611. The number of carbonyl (C=O) groups excluding carboxylic acids is 3. The molecule has 2 aromatic heterocycles. The monoisotopic (exact) mass is 809 g/mol. The number of aliphatic hydroxyl groups is 2. The molecule has 3 aliphatic rings. The SMILES string of the molecule is CN1CC(=O)N([C@H]2C[C@@H](n3cnc4c(NCC(c5ccccc5)c5ccccc5)nc(N5CC[C@@H](NC(=O)Nc6ccc(S(N)(=O)=O)cc6)C5)nc43)[C@H](O)[C@@H]2O)C1=O. The molecule has 19 heteroatoms. The minimum Gasteiger partial charge on any atom is -0.388 e.